The van der Waals surface area contributed by atoms with E-state index in [1.807, 2.05) is 0 Å². The van der Waals surface area contributed by atoms with Gasteiger partial charge in [-0.2, -0.15) is 4.79 Å². The molecule has 0 spiro atoms. The Hall–Kier alpha value is -1.32. The van der Waals surface area contributed by atoms with Gasteiger partial charge >= 0.3 is 12.0 Å². The SMILES string of the molecule is C/C=C/C(O)=[N+]1\CCOC1=O. The van der Waals surface area contributed by atoms with Crippen LogP contribution in [0, 0.1) is 0 Å². The molecule has 1 amide bonds. The monoisotopic (exact) mass is 156 g/mol. The van der Waals surface area contributed by atoms with Crippen molar-refractivity contribution < 1.29 is 19.2 Å². The largest absolute Gasteiger partial charge is 0.599 e. The Labute approximate surface area is 64.4 Å². The third-order valence-corrected chi connectivity index (χ3v) is 1.35. The number of cyclic esters (lactones) is 1. The van der Waals surface area contributed by atoms with Crippen LogP contribution in [-0.2, 0) is 4.74 Å². The highest BCUT2D eigenvalue weighted by molar-refractivity contribution is 5.85. The van der Waals surface area contributed by atoms with E-state index in [0.29, 0.717) is 13.2 Å². The van der Waals surface area contributed by atoms with E-state index in [9.17, 15) is 9.90 Å². The van der Waals surface area contributed by atoms with Crippen molar-refractivity contribution in [2.24, 2.45) is 0 Å². The van der Waals surface area contributed by atoms with Gasteiger partial charge in [-0.15, -0.1) is 0 Å². The minimum atomic E-state index is -0.486. The van der Waals surface area contributed by atoms with E-state index in [-0.39, 0.29) is 5.90 Å². The third kappa shape index (κ3) is 1.58. The number of aliphatic hydroxyl groups excluding tert-OH is 1. The van der Waals surface area contributed by atoms with E-state index in [0.717, 1.165) is 0 Å². The molecule has 0 aromatic rings. The van der Waals surface area contributed by atoms with E-state index in [4.69, 9.17) is 0 Å². The fourth-order valence-corrected chi connectivity index (χ4v) is 0.841. The summed E-state index contributed by atoms with van der Waals surface area (Å²) < 4.78 is 5.79. The smallest absolute Gasteiger partial charge is 0.460 e. The van der Waals surface area contributed by atoms with Gasteiger partial charge < -0.3 is 9.84 Å². The van der Waals surface area contributed by atoms with Gasteiger partial charge in [0.25, 0.3) is 0 Å². The number of carbonyl (C=O) groups is 1. The minimum absolute atomic E-state index is 0.0602. The predicted molar refractivity (Wildman–Crippen MR) is 38.9 cm³/mol. The second-order valence-electron chi connectivity index (χ2n) is 2.12. The fraction of sp³-hybridized carbons (Fsp3) is 0.429. The van der Waals surface area contributed by atoms with Crippen LogP contribution in [0.25, 0.3) is 0 Å². The molecule has 60 valence electrons. The lowest BCUT2D eigenvalue weighted by Crippen LogP contribution is -2.20. The molecule has 1 rings (SSSR count). The van der Waals surface area contributed by atoms with Gasteiger partial charge in [0.1, 0.15) is 0 Å². The minimum Gasteiger partial charge on any atom is -0.460 e. The Morgan fingerprint density at radius 1 is 1.82 bits per heavy atom. The molecule has 1 heterocycles. The predicted octanol–water partition coefficient (Wildman–Crippen LogP) is 0.682. The standard InChI is InChI=1S/C7H9NO3/c1-2-3-6(9)8-4-5-11-7(8)10/h2-3H,4-5H2,1H3/p+1/b3-2+. The molecule has 0 saturated carbocycles. The van der Waals surface area contributed by atoms with Gasteiger partial charge in [0.2, 0.25) is 0 Å². The van der Waals surface area contributed by atoms with E-state index < -0.39 is 6.09 Å². The average Bonchev–Trinajstić information content (AvgIpc) is 2.36. The molecule has 1 aliphatic heterocycles. The van der Waals surface area contributed by atoms with Crippen molar-refractivity contribution >= 4 is 12.0 Å². The van der Waals surface area contributed by atoms with Gasteiger partial charge in [-0.1, -0.05) is 10.7 Å². The van der Waals surface area contributed by atoms with Gasteiger partial charge in [0.15, 0.2) is 13.2 Å². The molecule has 4 nitrogen and oxygen atoms in total. The molecular formula is C7H10NO3+. The Morgan fingerprint density at radius 2 is 2.55 bits per heavy atom. The lowest BCUT2D eigenvalue weighted by molar-refractivity contribution is -0.421. The van der Waals surface area contributed by atoms with Crippen LogP contribution in [0.2, 0.25) is 0 Å². The molecule has 0 aromatic carbocycles. The third-order valence-electron chi connectivity index (χ3n) is 1.35. The molecular weight excluding hydrogens is 146 g/mol. The molecule has 0 aromatic heterocycles. The summed E-state index contributed by atoms with van der Waals surface area (Å²) in [4.78, 5) is 10.8. The molecule has 11 heavy (non-hydrogen) atoms. The van der Waals surface area contributed by atoms with Crippen molar-refractivity contribution in [1.29, 1.82) is 0 Å². The summed E-state index contributed by atoms with van der Waals surface area (Å²) in [7, 11) is 0. The van der Waals surface area contributed by atoms with Crippen LogP contribution < -0.4 is 0 Å². The van der Waals surface area contributed by atoms with Gasteiger partial charge in [-0.25, -0.2) is 0 Å². The zero-order chi connectivity index (χ0) is 8.27. The van der Waals surface area contributed by atoms with Gasteiger partial charge in [-0.3, -0.25) is 0 Å². The van der Waals surface area contributed by atoms with Crippen LogP contribution in [0.15, 0.2) is 12.2 Å². The van der Waals surface area contributed by atoms with E-state index in [1.165, 1.54) is 10.7 Å². The van der Waals surface area contributed by atoms with Crippen molar-refractivity contribution in [3.8, 4) is 0 Å². The maximum atomic E-state index is 10.8. The topological polar surface area (TPSA) is 49.5 Å². The molecule has 0 bridgehead atoms. The fourth-order valence-electron chi connectivity index (χ4n) is 0.841. The molecule has 1 N–H and O–H groups in total. The summed E-state index contributed by atoms with van der Waals surface area (Å²) in [5.74, 6) is -0.0602. The average molecular weight is 156 g/mol. The second-order valence-corrected chi connectivity index (χ2v) is 2.12. The Morgan fingerprint density at radius 3 is 3.00 bits per heavy atom. The number of aliphatic hydroxyl groups is 1. The number of ether oxygens (including phenoxy) is 1. The number of hydrogen-bond donors (Lipinski definition) is 1. The van der Waals surface area contributed by atoms with Crippen LogP contribution in [-0.4, -0.2) is 34.8 Å². The molecule has 1 saturated heterocycles. The summed E-state index contributed by atoms with van der Waals surface area (Å²) in [6.07, 6.45) is 2.62. The molecule has 1 fully saturated rings. The maximum Gasteiger partial charge on any atom is 0.599 e. The van der Waals surface area contributed by atoms with Gasteiger partial charge in [0.05, 0.1) is 0 Å². The lowest BCUT2D eigenvalue weighted by atomic mass is 10.5. The number of nitrogens with zero attached hydrogens (tertiary/aromatic N) is 1. The molecule has 4 heteroatoms. The van der Waals surface area contributed by atoms with Gasteiger partial charge in [0, 0.05) is 6.08 Å². The molecule has 0 atom stereocenters. The Bertz CT molecular complexity index is 230. The summed E-state index contributed by atoms with van der Waals surface area (Å²) in [5, 5.41) is 9.17. The number of hydrogen-bond acceptors (Lipinski definition) is 2. The van der Waals surface area contributed by atoms with Crippen LogP contribution >= 0.6 is 0 Å². The summed E-state index contributed by atoms with van der Waals surface area (Å²) in [6.45, 7) is 2.53. The number of amides is 1. The van der Waals surface area contributed by atoms with Crippen molar-refractivity contribution in [3.05, 3.63) is 12.2 Å². The summed E-state index contributed by atoms with van der Waals surface area (Å²) in [6, 6.07) is 0. The quantitative estimate of drug-likeness (QED) is 0.448. The second kappa shape index (κ2) is 3.18. The number of allylic oxidation sites excluding steroid dienone is 1. The van der Waals surface area contributed by atoms with E-state index in [1.54, 1.807) is 13.0 Å². The van der Waals surface area contributed by atoms with Crippen molar-refractivity contribution in [2.45, 2.75) is 6.92 Å². The molecule has 1 aliphatic rings. The summed E-state index contributed by atoms with van der Waals surface area (Å²) in [5.41, 5.74) is 0. The first-order valence-corrected chi connectivity index (χ1v) is 3.38. The van der Waals surface area contributed by atoms with Crippen LogP contribution in [0.3, 0.4) is 0 Å². The molecule has 0 unspecified atom stereocenters. The van der Waals surface area contributed by atoms with Gasteiger partial charge in [-0.05, 0) is 6.92 Å². The van der Waals surface area contributed by atoms with E-state index >= 15 is 0 Å². The molecule has 0 radical (unpaired) electrons. The lowest BCUT2D eigenvalue weighted by Gasteiger charge is -1.85. The highest BCUT2D eigenvalue weighted by Gasteiger charge is 2.30. The van der Waals surface area contributed by atoms with Crippen LogP contribution in [0.1, 0.15) is 6.92 Å². The number of rotatable bonds is 1. The Kier molecular flexibility index (Phi) is 2.25. The highest BCUT2D eigenvalue weighted by Crippen LogP contribution is 1.96. The highest BCUT2D eigenvalue weighted by atomic mass is 16.6. The van der Waals surface area contributed by atoms with Crippen molar-refractivity contribution in [1.82, 2.24) is 0 Å². The first kappa shape index (κ1) is 7.78. The molecule has 0 aliphatic carbocycles. The first-order valence-electron chi connectivity index (χ1n) is 3.38. The zero-order valence-electron chi connectivity index (χ0n) is 6.28. The summed E-state index contributed by atoms with van der Waals surface area (Å²) >= 11 is 0. The van der Waals surface area contributed by atoms with Crippen LogP contribution in [0.5, 0.6) is 0 Å². The van der Waals surface area contributed by atoms with Crippen molar-refractivity contribution in [3.63, 3.8) is 0 Å². The number of carbonyl (C=O) groups excluding carboxylic acids is 1. The zero-order valence-corrected chi connectivity index (χ0v) is 6.28. The van der Waals surface area contributed by atoms with Crippen LogP contribution in [0.4, 0.5) is 4.79 Å². The normalized spacial score (nSPS) is 22.5. The first-order chi connectivity index (χ1) is 5.25. The van der Waals surface area contributed by atoms with E-state index in [2.05, 4.69) is 4.74 Å². The maximum absolute atomic E-state index is 10.8. The van der Waals surface area contributed by atoms with Crippen molar-refractivity contribution in [2.75, 3.05) is 13.2 Å². The Balaban J connectivity index is 2.85.